The molecule has 0 amide bonds. The molecule has 0 fully saturated rings. The number of carbonyl (C=O) groups excluding carboxylic acids is 1. The number of rotatable bonds is 6. The highest BCUT2D eigenvalue weighted by molar-refractivity contribution is 5.89. The van der Waals surface area contributed by atoms with Crippen LogP contribution in [0.5, 0.6) is 0 Å². The van der Waals surface area contributed by atoms with E-state index in [1.807, 2.05) is 18.2 Å². The second-order valence-electron chi connectivity index (χ2n) is 8.40. The largest absolute Gasteiger partial charge is 0.458 e. The number of cyclic esters (lactones) is 1. The molecule has 0 spiro atoms. The molecule has 2 aliphatic heterocycles. The number of hydrogen-bond acceptors (Lipinski definition) is 6. The molecule has 0 aliphatic carbocycles. The average molecular weight is 434 g/mol. The lowest BCUT2D eigenvalue weighted by Gasteiger charge is -2.31. The van der Waals surface area contributed by atoms with Gasteiger partial charge in [0.05, 0.1) is 35.6 Å². The Labute approximate surface area is 185 Å². The summed E-state index contributed by atoms with van der Waals surface area (Å²) in [5, 5.41) is 12.1. The molecule has 0 saturated heterocycles. The number of esters is 1. The molecule has 2 aromatic heterocycles. The Balaban J connectivity index is 1.71. The zero-order valence-corrected chi connectivity index (χ0v) is 18.3. The highest BCUT2D eigenvalue weighted by Gasteiger charge is 2.45. The van der Waals surface area contributed by atoms with E-state index in [1.165, 1.54) is 0 Å². The molecular formula is C25H26N2O5. The van der Waals surface area contributed by atoms with E-state index in [2.05, 4.69) is 13.0 Å². The fraction of sp³-hybridized carbons (Fsp3) is 0.400. The first-order valence-corrected chi connectivity index (χ1v) is 11.1. The topological polar surface area (TPSA) is 90.6 Å². The monoisotopic (exact) mass is 434 g/mol. The van der Waals surface area contributed by atoms with Crippen molar-refractivity contribution in [3.05, 3.63) is 62.9 Å². The van der Waals surface area contributed by atoms with Gasteiger partial charge in [0, 0.05) is 23.1 Å². The minimum atomic E-state index is -1.82. The number of carbonyl (C=O) groups is 1. The van der Waals surface area contributed by atoms with Crippen molar-refractivity contribution in [2.24, 2.45) is 0 Å². The van der Waals surface area contributed by atoms with E-state index in [4.69, 9.17) is 14.5 Å². The third kappa shape index (κ3) is 2.99. The van der Waals surface area contributed by atoms with Crippen LogP contribution in [0.25, 0.3) is 22.3 Å². The molecule has 32 heavy (non-hydrogen) atoms. The van der Waals surface area contributed by atoms with Crippen LogP contribution in [0.4, 0.5) is 0 Å². The van der Waals surface area contributed by atoms with E-state index < -0.39 is 11.6 Å². The number of benzene rings is 1. The lowest BCUT2D eigenvalue weighted by atomic mass is 9.86. The first-order valence-electron chi connectivity index (χ1n) is 11.1. The second-order valence-corrected chi connectivity index (χ2v) is 8.40. The third-order valence-corrected chi connectivity index (χ3v) is 6.56. The number of aliphatic hydroxyl groups is 1. The van der Waals surface area contributed by atoms with Gasteiger partial charge < -0.3 is 19.1 Å². The van der Waals surface area contributed by atoms with Gasteiger partial charge in [0.1, 0.15) is 6.61 Å². The Morgan fingerprint density at radius 3 is 2.78 bits per heavy atom. The van der Waals surface area contributed by atoms with Gasteiger partial charge in [-0.3, -0.25) is 4.79 Å². The molecule has 0 unspecified atom stereocenters. The Hall–Kier alpha value is -3.03. The molecule has 4 heterocycles. The zero-order valence-electron chi connectivity index (χ0n) is 18.3. The molecular weight excluding hydrogens is 408 g/mol. The summed E-state index contributed by atoms with van der Waals surface area (Å²) in [6, 6.07) is 9.71. The van der Waals surface area contributed by atoms with Gasteiger partial charge in [-0.15, -0.1) is 0 Å². The van der Waals surface area contributed by atoms with Crippen molar-refractivity contribution in [2.45, 2.75) is 51.9 Å². The lowest BCUT2D eigenvalue weighted by Crippen LogP contribution is -2.44. The van der Waals surface area contributed by atoms with Gasteiger partial charge in [0.15, 0.2) is 5.60 Å². The number of aromatic nitrogens is 2. The van der Waals surface area contributed by atoms with Crippen molar-refractivity contribution < 1.29 is 19.4 Å². The summed E-state index contributed by atoms with van der Waals surface area (Å²) in [6.07, 6.45) is 1.80. The quantitative estimate of drug-likeness (QED) is 0.371. The predicted molar refractivity (Wildman–Crippen MR) is 119 cm³/mol. The molecule has 166 valence electrons. The minimum Gasteiger partial charge on any atom is -0.458 e. The fourth-order valence-corrected chi connectivity index (χ4v) is 4.82. The minimum absolute atomic E-state index is 0.125. The Bertz CT molecular complexity index is 1300. The maximum Gasteiger partial charge on any atom is 0.343 e. The summed E-state index contributed by atoms with van der Waals surface area (Å²) in [6.45, 7) is 5.36. The number of nitrogens with zero attached hydrogens (tertiary/aromatic N) is 2. The van der Waals surface area contributed by atoms with E-state index in [-0.39, 0.29) is 18.6 Å². The van der Waals surface area contributed by atoms with Gasteiger partial charge in [-0.25, -0.2) is 9.78 Å². The van der Waals surface area contributed by atoms with Gasteiger partial charge in [0.2, 0.25) is 0 Å². The van der Waals surface area contributed by atoms with E-state index in [9.17, 15) is 14.7 Å². The van der Waals surface area contributed by atoms with Crippen LogP contribution in [-0.4, -0.2) is 33.8 Å². The van der Waals surface area contributed by atoms with Crippen LogP contribution in [0, 0.1) is 0 Å². The van der Waals surface area contributed by atoms with Crippen molar-refractivity contribution in [3.8, 4) is 11.4 Å². The summed E-state index contributed by atoms with van der Waals surface area (Å²) in [5.74, 6) is -0.713. The number of para-hydroxylation sites is 1. The molecule has 5 rings (SSSR count). The van der Waals surface area contributed by atoms with Crippen LogP contribution in [-0.2, 0) is 39.4 Å². The first kappa shape index (κ1) is 20.8. The standard InChI is InChI=1S/C25H26N2O5/c1-3-10-31-11-9-15-16-7-5-6-8-20(16)26-22-17(15)13-27-21(22)12-19-18(23(27)28)14-32-24(29)25(19,30)4-2/h5-8,12,30H,3-4,9-11,13-14H2,1-2H3/t25-/m0/s1. The molecule has 1 aromatic carbocycles. The molecule has 1 N–H and O–H groups in total. The number of pyridine rings is 2. The predicted octanol–water partition coefficient (Wildman–Crippen LogP) is 3.05. The number of fused-ring (bicyclic) bond motifs is 5. The van der Waals surface area contributed by atoms with Crippen molar-refractivity contribution in [1.82, 2.24) is 9.55 Å². The summed E-state index contributed by atoms with van der Waals surface area (Å²) in [5.41, 5.74) is 2.94. The maximum atomic E-state index is 13.4. The number of hydrogen-bond donors (Lipinski definition) is 1. The summed E-state index contributed by atoms with van der Waals surface area (Å²) in [4.78, 5) is 30.6. The molecule has 0 bridgehead atoms. The molecule has 3 aromatic rings. The van der Waals surface area contributed by atoms with Gasteiger partial charge in [0.25, 0.3) is 5.56 Å². The SMILES string of the molecule is CCCOCCc1c2c(nc3ccccc13)-c1cc3c(c(=O)n1C2)COC(=O)[C@]3(O)CC. The Kier molecular flexibility index (Phi) is 5.10. The van der Waals surface area contributed by atoms with Crippen LogP contribution in [0.15, 0.2) is 35.1 Å². The lowest BCUT2D eigenvalue weighted by molar-refractivity contribution is -0.172. The zero-order chi connectivity index (χ0) is 22.5. The van der Waals surface area contributed by atoms with Gasteiger partial charge in [-0.2, -0.15) is 0 Å². The van der Waals surface area contributed by atoms with Crippen LogP contribution in [0.2, 0.25) is 0 Å². The van der Waals surface area contributed by atoms with Crippen molar-refractivity contribution in [2.75, 3.05) is 13.2 Å². The molecule has 0 radical (unpaired) electrons. The maximum absolute atomic E-state index is 13.4. The van der Waals surface area contributed by atoms with Gasteiger partial charge >= 0.3 is 5.97 Å². The van der Waals surface area contributed by atoms with E-state index >= 15 is 0 Å². The summed E-state index contributed by atoms with van der Waals surface area (Å²) >= 11 is 0. The van der Waals surface area contributed by atoms with Gasteiger partial charge in [-0.05, 0) is 37.0 Å². The van der Waals surface area contributed by atoms with Crippen molar-refractivity contribution in [3.63, 3.8) is 0 Å². The Morgan fingerprint density at radius 1 is 1.19 bits per heavy atom. The molecule has 0 saturated carbocycles. The molecule has 7 heteroatoms. The molecule has 7 nitrogen and oxygen atoms in total. The van der Waals surface area contributed by atoms with Crippen LogP contribution in [0.1, 0.15) is 48.9 Å². The average Bonchev–Trinajstić information content (AvgIpc) is 3.17. The molecule has 2 aliphatic rings. The summed E-state index contributed by atoms with van der Waals surface area (Å²) < 4.78 is 12.6. The van der Waals surface area contributed by atoms with Crippen molar-refractivity contribution >= 4 is 16.9 Å². The highest BCUT2D eigenvalue weighted by Crippen LogP contribution is 2.40. The Morgan fingerprint density at radius 2 is 2.00 bits per heavy atom. The van der Waals surface area contributed by atoms with E-state index in [0.717, 1.165) is 34.1 Å². The van der Waals surface area contributed by atoms with E-state index in [0.29, 0.717) is 43.0 Å². The third-order valence-electron chi connectivity index (χ3n) is 6.56. The van der Waals surface area contributed by atoms with Crippen molar-refractivity contribution in [1.29, 1.82) is 0 Å². The number of ether oxygens (including phenoxy) is 2. The van der Waals surface area contributed by atoms with Crippen LogP contribution >= 0.6 is 0 Å². The first-order chi connectivity index (χ1) is 15.5. The fourth-order valence-electron chi connectivity index (χ4n) is 4.82. The van der Waals surface area contributed by atoms with E-state index in [1.54, 1.807) is 17.6 Å². The smallest absolute Gasteiger partial charge is 0.343 e. The molecule has 1 atom stereocenters. The normalized spacial score (nSPS) is 18.9. The second kappa shape index (κ2) is 7.83. The highest BCUT2D eigenvalue weighted by atomic mass is 16.6. The summed E-state index contributed by atoms with van der Waals surface area (Å²) in [7, 11) is 0. The van der Waals surface area contributed by atoms with Gasteiger partial charge in [-0.1, -0.05) is 32.0 Å². The van der Waals surface area contributed by atoms with Crippen LogP contribution in [0.3, 0.4) is 0 Å². The van der Waals surface area contributed by atoms with Crippen LogP contribution < -0.4 is 5.56 Å².